The zero-order valence-electron chi connectivity index (χ0n) is 19.5. The summed E-state index contributed by atoms with van der Waals surface area (Å²) in [5, 5.41) is 4.25. The van der Waals surface area contributed by atoms with E-state index in [1.54, 1.807) is 24.3 Å². The number of pyridine rings is 1. The maximum atomic E-state index is 11.0. The monoisotopic (exact) mass is 472 g/mol. The number of aromatic amines is 1. The second-order valence-corrected chi connectivity index (χ2v) is 10.2. The van der Waals surface area contributed by atoms with Gasteiger partial charge in [0.2, 0.25) is 10.0 Å². The van der Waals surface area contributed by atoms with Crippen LogP contribution in [0.25, 0.3) is 10.9 Å². The van der Waals surface area contributed by atoms with Gasteiger partial charge in [0, 0.05) is 55.0 Å². The van der Waals surface area contributed by atoms with E-state index in [4.69, 9.17) is 0 Å². The van der Waals surface area contributed by atoms with Crippen molar-refractivity contribution in [3.63, 3.8) is 0 Å². The average molecular weight is 473 g/mol. The second kappa shape index (κ2) is 10.7. The molecular weight excluding hydrogens is 440 g/mol. The Morgan fingerprint density at radius 3 is 2.48 bits per heavy atom. The Balaban J connectivity index is 0.000000186. The van der Waals surface area contributed by atoms with E-state index in [9.17, 15) is 13.2 Å². The summed E-state index contributed by atoms with van der Waals surface area (Å²) in [5.74, 6) is 1.09. The van der Waals surface area contributed by atoms with E-state index < -0.39 is 10.0 Å². The number of hydrogen-bond donors (Lipinski definition) is 3. The van der Waals surface area contributed by atoms with Crippen molar-refractivity contribution in [2.75, 3.05) is 54.4 Å². The summed E-state index contributed by atoms with van der Waals surface area (Å²) in [7, 11) is -1.10. The maximum absolute atomic E-state index is 11.0. The number of benzene rings is 1. The number of likely N-dealkylation sites (N-methyl/N-ethyl adjacent to an activating group) is 1. The highest BCUT2D eigenvalue weighted by atomic mass is 32.2. The molecule has 1 aliphatic rings. The molecular formula is C23H32N6O3S. The number of hydrogen-bond acceptors (Lipinski definition) is 7. The van der Waals surface area contributed by atoms with E-state index in [1.807, 2.05) is 12.3 Å². The van der Waals surface area contributed by atoms with Gasteiger partial charge in [-0.2, -0.15) is 0 Å². The van der Waals surface area contributed by atoms with E-state index in [1.165, 1.54) is 0 Å². The molecule has 9 nitrogen and oxygen atoms in total. The number of sulfonamides is 1. The predicted molar refractivity (Wildman–Crippen MR) is 135 cm³/mol. The molecule has 10 heteroatoms. The largest absolute Gasteiger partial charge is 0.380 e. The Labute approximate surface area is 195 Å². The van der Waals surface area contributed by atoms with Crippen molar-refractivity contribution in [1.29, 1.82) is 0 Å². The maximum Gasteiger partial charge on any atom is 0.229 e. The summed E-state index contributed by atoms with van der Waals surface area (Å²) >= 11 is 0. The predicted octanol–water partition coefficient (Wildman–Crippen LogP) is 3.01. The van der Waals surface area contributed by atoms with E-state index >= 15 is 0 Å². The lowest BCUT2D eigenvalue weighted by molar-refractivity contribution is 0.111. The lowest BCUT2D eigenvalue weighted by Gasteiger charge is -2.34. The summed E-state index contributed by atoms with van der Waals surface area (Å²) in [6, 6.07) is 11.2. The molecule has 3 aromatic rings. The van der Waals surface area contributed by atoms with Crippen molar-refractivity contribution in [1.82, 2.24) is 14.9 Å². The molecule has 0 saturated carbocycles. The third kappa shape index (κ3) is 7.19. The molecule has 3 N–H and O–H groups in total. The zero-order chi connectivity index (χ0) is 24.0. The Morgan fingerprint density at radius 2 is 1.85 bits per heavy atom. The molecule has 0 unspecified atom stereocenters. The minimum Gasteiger partial charge on any atom is -0.380 e. The van der Waals surface area contributed by atoms with Gasteiger partial charge >= 0.3 is 0 Å². The molecule has 178 valence electrons. The molecule has 1 aromatic carbocycles. The molecule has 0 bridgehead atoms. The number of anilines is 3. The smallest absolute Gasteiger partial charge is 0.229 e. The molecule has 1 saturated heterocycles. The molecule has 3 heterocycles. The van der Waals surface area contributed by atoms with Gasteiger partial charge in [-0.1, -0.05) is 0 Å². The highest BCUT2D eigenvalue weighted by Gasteiger charge is 2.18. The summed E-state index contributed by atoms with van der Waals surface area (Å²) < 4.78 is 24.4. The highest BCUT2D eigenvalue weighted by Crippen LogP contribution is 2.24. The Kier molecular flexibility index (Phi) is 7.93. The summed E-state index contributed by atoms with van der Waals surface area (Å²) in [4.78, 5) is 22.7. The number of carbonyl (C=O) groups is 1. The molecule has 1 aliphatic heterocycles. The molecule has 0 spiro atoms. The highest BCUT2D eigenvalue weighted by molar-refractivity contribution is 7.92. The number of piperazine rings is 1. The van der Waals surface area contributed by atoms with Crippen LogP contribution in [0, 0.1) is 0 Å². The van der Waals surface area contributed by atoms with Crippen LogP contribution in [0.2, 0.25) is 0 Å². The molecule has 4 rings (SSSR count). The molecule has 0 atom stereocenters. The standard InChI is InChI=1S/C13H22N4.C10H10N2O3S/c1-11(2)15-12-5-4-6-14-13(12)17-9-7-16(3)8-10-17;1-16(14,15)12-8-2-3-10-7(4-8)5-9(6-13)11-10/h4-6,11,15H,7-10H2,1-3H3;2-6,11-12H,1H3. The Morgan fingerprint density at radius 1 is 1.12 bits per heavy atom. The molecule has 33 heavy (non-hydrogen) atoms. The summed E-state index contributed by atoms with van der Waals surface area (Å²) in [5.41, 5.74) is 2.88. The number of nitrogens with one attached hydrogen (secondary N) is 3. The summed E-state index contributed by atoms with van der Waals surface area (Å²) in [6.45, 7) is 8.64. The van der Waals surface area contributed by atoms with Crippen LogP contribution in [0.15, 0.2) is 42.6 Å². The van der Waals surface area contributed by atoms with Gasteiger partial charge in [-0.15, -0.1) is 0 Å². The van der Waals surface area contributed by atoms with E-state index in [-0.39, 0.29) is 0 Å². The van der Waals surface area contributed by atoms with Crippen molar-refractivity contribution < 1.29 is 13.2 Å². The first kappa shape index (κ1) is 24.5. The van der Waals surface area contributed by atoms with E-state index in [0.29, 0.717) is 23.7 Å². The molecule has 0 radical (unpaired) electrons. The molecule has 0 aliphatic carbocycles. The summed E-state index contributed by atoms with van der Waals surface area (Å²) in [6.07, 6.45) is 3.67. The SMILES string of the molecule is CC(C)Nc1cccnc1N1CCN(C)CC1.CS(=O)(=O)Nc1ccc2[nH]c(C=O)cc2c1. The van der Waals surface area contributed by atoms with E-state index in [2.05, 4.69) is 56.8 Å². The minimum absolute atomic E-state index is 0.436. The molecule has 0 amide bonds. The fraction of sp³-hybridized carbons (Fsp3) is 0.391. The van der Waals surface area contributed by atoms with Gasteiger partial charge in [-0.25, -0.2) is 13.4 Å². The quantitative estimate of drug-likeness (QED) is 0.473. The van der Waals surface area contributed by atoms with Crippen molar-refractivity contribution in [2.45, 2.75) is 19.9 Å². The molecule has 1 fully saturated rings. The van der Waals surface area contributed by atoms with Gasteiger partial charge in [0.05, 0.1) is 17.6 Å². The number of rotatable bonds is 6. The number of aromatic nitrogens is 2. The van der Waals surface area contributed by atoms with Gasteiger partial charge in [0.1, 0.15) is 0 Å². The minimum atomic E-state index is -3.27. The lowest BCUT2D eigenvalue weighted by Crippen LogP contribution is -2.45. The number of aldehydes is 1. The van der Waals surface area contributed by atoms with Crippen molar-refractivity contribution in [2.24, 2.45) is 0 Å². The van der Waals surface area contributed by atoms with Crippen LogP contribution in [0.1, 0.15) is 24.3 Å². The third-order valence-corrected chi connectivity index (χ3v) is 5.71. The van der Waals surface area contributed by atoms with Gasteiger partial charge in [0.15, 0.2) is 12.1 Å². The van der Waals surface area contributed by atoms with Crippen molar-refractivity contribution >= 4 is 44.4 Å². The lowest BCUT2D eigenvalue weighted by atomic mass is 10.2. The Bertz CT molecular complexity index is 1180. The van der Waals surface area contributed by atoms with Crippen LogP contribution in [0.4, 0.5) is 17.2 Å². The van der Waals surface area contributed by atoms with Crippen LogP contribution >= 0.6 is 0 Å². The normalized spacial score (nSPS) is 14.6. The average Bonchev–Trinajstić information content (AvgIpc) is 3.16. The first-order valence-electron chi connectivity index (χ1n) is 10.9. The van der Waals surface area contributed by atoms with Crippen molar-refractivity contribution in [3.05, 3.63) is 48.3 Å². The first-order valence-corrected chi connectivity index (χ1v) is 12.7. The van der Waals surface area contributed by atoms with E-state index in [0.717, 1.165) is 54.8 Å². The van der Waals surface area contributed by atoms with Crippen molar-refractivity contribution in [3.8, 4) is 0 Å². The van der Waals surface area contributed by atoms with Crippen LogP contribution in [0.3, 0.4) is 0 Å². The van der Waals surface area contributed by atoms with Gasteiger partial charge < -0.3 is 20.1 Å². The number of fused-ring (bicyclic) bond motifs is 1. The first-order chi connectivity index (χ1) is 15.6. The van der Waals surface area contributed by atoms with Crippen LogP contribution in [-0.4, -0.2) is 75.1 Å². The zero-order valence-corrected chi connectivity index (χ0v) is 20.3. The van der Waals surface area contributed by atoms with Gasteiger partial charge in [0.25, 0.3) is 0 Å². The fourth-order valence-electron chi connectivity index (χ4n) is 3.59. The number of nitrogens with zero attached hydrogens (tertiary/aromatic N) is 3. The van der Waals surface area contributed by atoms with Gasteiger partial charge in [-0.3, -0.25) is 9.52 Å². The van der Waals surface area contributed by atoms with Gasteiger partial charge in [-0.05, 0) is 57.3 Å². The topological polar surface area (TPSA) is 110 Å². The van der Waals surface area contributed by atoms with Crippen LogP contribution < -0.4 is 14.9 Å². The third-order valence-electron chi connectivity index (χ3n) is 5.11. The fourth-order valence-corrected chi connectivity index (χ4v) is 4.14. The number of carbonyl (C=O) groups excluding carboxylic acids is 1. The Hall–Kier alpha value is -3.11. The van der Waals surface area contributed by atoms with Crippen LogP contribution in [-0.2, 0) is 10.0 Å². The van der Waals surface area contributed by atoms with Crippen LogP contribution in [0.5, 0.6) is 0 Å². The molecule has 2 aromatic heterocycles. The second-order valence-electron chi connectivity index (χ2n) is 8.48. The number of H-pyrrole nitrogens is 1.